The Labute approximate surface area is 85.4 Å². The minimum absolute atomic E-state index is 0.274. The van der Waals surface area contributed by atoms with E-state index in [0.717, 1.165) is 6.42 Å². The van der Waals surface area contributed by atoms with Crippen LogP contribution in [-0.4, -0.2) is 0 Å². The van der Waals surface area contributed by atoms with Crippen LogP contribution in [0.2, 0.25) is 0 Å². The minimum atomic E-state index is 0.274. The normalized spacial score (nSPS) is 18.8. The van der Waals surface area contributed by atoms with E-state index in [1.165, 1.54) is 24.0 Å². The highest BCUT2D eigenvalue weighted by molar-refractivity contribution is 5.55. The molecule has 2 rings (SSSR count). The Morgan fingerprint density at radius 3 is 3.00 bits per heavy atom. The van der Waals surface area contributed by atoms with Crippen molar-refractivity contribution in [2.45, 2.75) is 32.3 Å². The summed E-state index contributed by atoms with van der Waals surface area (Å²) in [6, 6.07) is 8.47. The lowest BCUT2D eigenvalue weighted by molar-refractivity contribution is 0.132. The molecule has 0 saturated carbocycles. The summed E-state index contributed by atoms with van der Waals surface area (Å²) < 4.78 is 5.63. The fraction of sp³-hybridized carbons (Fsp3) is 0.385. The second-order valence-electron chi connectivity index (χ2n) is 3.70. The molecule has 1 heterocycles. The summed E-state index contributed by atoms with van der Waals surface area (Å²) in [5.41, 5.74) is 2.64. The molecule has 1 aromatic carbocycles. The second kappa shape index (κ2) is 4.32. The molecular weight excluding hydrogens is 172 g/mol. The maximum Gasteiger partial charge on any atom is 0.123 e. The van der Waals surface area contributed by atoms with Gasteiger partial charge in [0.2, 0.25) is 0 Å². The Balaban J connectivity index is 2.18. The number of hydrogen-bond donors (Lipinski definition) is 0. The van der Waals surface area contributed by atoms with E-state index in [2.05, 4.69) is 31.2 Å². The van der Waals surface area contributed by atoms with Crippen molar-refractivity contribution in [2.75, 3.05) is 0 Å². The largest absolute Gasteiger partial charge is 0.493 e. The summed E-state index contributed by atoms with van der Waals surface area (Å²) in [7, 11) is 0. The quantitative estimate of drug-likeness (QED) is 0.698. The number of rotatable bonds is 3. The first-order chi connectivity index (χ1) is 6.92. The second-order valence-corrected chi connectivity index (χ2v) is 3.70. The highest BCUT2D eigenvalue weighted by Gasteiger charge is 2.16. The Kier molecular flexibility index (Phi) is 2.87. The van der Waals surface area contributed by atoms with E-state index in [1.807, 2.05) is 12.3 Å². The van der Waals surface area contributed by atoms with E-state index < -0.39 is 0 Å². The van der Waals surface area contributed by atoms with E-state index in [0.29, 0.717) is 0 Å². The molecule has 1 aliphatic rings. The summed E-state index contributed by atoms with van der Waals surface area (Å²) in [5.74, 6) is 0. The maximum atomic E-state index is 5.63. The lowest BCUT2D eigenvalue weighted by Crippen LogP contribution is -2.06. The van der Waals surface area contributed by atoms with Crippen LogP contribution in [0.1, 0.15) is 43.4 Å². The molecule has 0 aromatic heterocycles. The number of benzene rings is 1. The average Bonchev–Trinajstić information content (AvgIpc) is 2.26. The number of unbranched alkanes of at least 4 members (excludes halogenated alkanes) is 1. The van der Waals surface area contributed by atoms with E-state index in [1.54, 1.807) is 0 Å². The lowest BCUT2D eigenvalue weighted by Gasteiger charge is -2.22. The third-order valence-corrected chi connectivity index (χ3v) is 2.65. The molecule has 14 heavy (non-hydrogen) atoms. The van der Waals surface area contributed by atoms with Crippen LogP contribution >= 0.6 is 0 Å². The molecule has 0 aliphatic carbocycles. The van der Waals surface area contributed by atoms with Crippen molar-refractivity contribution >= 4 is 6.08 Å². The fourth-order valence-corrected chi connectivity index (χ4v) is 1.85. The molecule has 74 valence electrons. The highest BCUT2D eigenvalue weighted by atomic mass is 16.5. The third-order valence-electron chi connectivity index (χ3n) is 2.65. The minimum Gasteiger partial charge on any atom is -0.493 e. The van der Waals surface area contributed by atoms with Crippen molar-refractivity contribution < 1.29 is 4.74 Å². The SMILES string of the molecule is CCCCC1OC=Cc2ccccc21. The van der Waals surface area contributed by atoms with Gasteiger partial charge in [-0.05, 0) is 30.0 Å². The predicted octanol–water partition coefficient (Wildman–Crippen LogP) is 3.92. The molecule has 1 aromatic rings. The van der Waals surface area contributed by atoms with Gasteiger partial charge in [0.15, 0.2) is 0 Å². The van der Waals surface area contributed by atoms with Crippen LogP contribution < -0.4 is 0 Å². The Morgan fingerprint density at radius 1 is 1.29 bits per heavy atom. The van der Waals surface area contributed by atoms with E-state index in [9.17, 15) is 0 Å². The van der Waals surface area contributed by atoms with Crippen LogP contribution in [0.25, 0.3) is 6.08 Å². The van der Waals surface area contributed by atoms with Crippen molar-refractivity contribution in [3.63, 3.8) is 0 Å². The zero-order chi connectivity index (χ0) is 9.80. The molecular formula is C13H16O. The smallest absolute Gasteiger partial charge is 0.123 e. The lowest BCUT2D eigenvalue weighted by atomic mass is 9.97. The van der Waals surface area contributed by atoms with Crippen LogP contribution in [-0.2, 0) is 4.74 Å². The molecule has 1 nitrogen and oxygen atoms in total. The summed E-state index contributed by atoms with van der Waals surface area (Å²) in [4.78, 5) is 0. The number of ether oxygens (including phenoxy) is 1. The maximum absolute atomic E-state index is 5.63. The first kappa shape index (κ1) is 9.32. The van der Waals surface area contributed by atoms with Gasteiger partial charge in [-0.2, -0.15) is 0 Å². The fourth-order valence-electron chi connectivity index (χ4n) is 1.85. The summed E-state index contributed by atoms with van der Waals surface area (Å²) >= 11 is 0. The van der Waals surface area contributed by atoms with E-state index in [-0.39, 0.29) is 6.10 Å². The summed E-state index contributed by atoms with van der Waals surface area (Å²) in [6.07, 6.45) is 7.72. The Morgan fingerprint density at radius 2 is 2.14 bits per heavy atom. The Bertz CT molecular complexity index is 328. The summed E-state index contributed by atoms with van der Waals surface area (Å²) in [6.45, 7) is 2.21. The van der Waals surface area contributed by atoms with Gasteiger partial charge in [-0.3, -0.25) is 0 Å². The van der Waals surface area contributed by atoms with Gasteiger partial charge in [0.05, 0.1) is 6.26 Å². The molecule has 0 saturated heterocycles. The molecule has 0 amide bonds. The molecule has 0 spiro atoms. The number of fused-ring (bicyclic) bond motifs is 1. The topological polar surface area (TPSA) is 9.23 Å². The third kappa shape index (κ3) is 1.82. The van der Waals surface area contributed by atoms with Crippen molar-refractivity contribution in [1.29, 1.82) is 0 Å². The van der Waals surface area contributed by atoms with Crippen LogP contribution in [0.5, 0.6) is 0 Å². The van der Waals surface area contributed by atoms with Gasteiger partial charge in [0.1, 0.15) is 6.10 Å². The molecule has 0 N–H and O–H groups in total. The van der Waals surface area contributed by atoms with Crippen molar-refractivity contribution in [2.24, 2.45) is 0 Å². The van der Waals surface area contributed by atoms with Gasteiger partial charge in [-0.1, -0.05) is 37.6 Å². The molecule has 0 radical (unpaired) electrons. The van der Waals surface area contributed by atoms with Gasteiger partial charge in [0, 0.05) is 0 Å². The summed E-state index contributed by atoms with van der Waals surface area (Å²) in [5, 5.41) is 0. The van der Waals surface area contributed by atoms with Gasteiger partial charge in [0.25, 0.3) is 0 Å². The van der Waals surface area contributed by atoms with Crippen molar-refractivity contribution in [3.8, 4) is 0 Å². The van der Waals surface area contributed by atoms with Gasteiger partial charge in [-0.25, -0.2) is 0 Å². The van der Waals surface area contributed by atoms with Crippen LogP contribution in [0.3, 0.4) is 0 Å². The predicted molar refractivity (Wildman–Crippen MR) is 58.8 cm³/mol. The monoisotopic (exact) mass is 188 g/mol. The van der Waals surface area contributed by atoms with Crippen molar-refractivity contribution in [1.82, 2.24) is 0 Å². The van der Waals surface area contributed by atoms with Crippen molar-refractivity contribution in [3.05, 3.63) is 41.7 Å². The van der Waals surface area contributed by atoms with Gasteiger partial charge < -0.3 is 4.74 Å². The molecule has 0 bridgehead atoms. The molecule has 1 unspecified atom stereocenters. The standard InChI is InChI=1S/C13H16O/c1-2-3-8-13-12-7-5-4-6-11(12)9-10-14-13/h4-7,9-10,13H,2-3,8H2,1H3. The zero-order valence-corrected chi connectivity index (χ0v) is 8.57. The number of hydrogen-bond acceptors (Lipinski definition) is 1. The molecule has 0 fully saturated rings. The van der Waals surface area contributed by atoms with Crippen LogP contribution in [0.15, 0.2) is 30.5 Å². The first-order valence-corrected chi connectivity index (χ1v) is 5.32. The molecule has 1 heteroatoms. The molecule has 1 atom stereocenters. The van der Waals surface area contributed by atoms with E-state index >= 15 is 0 Å². The van der Waals surface area contributed by atoms with Gasteiger partial charge >= 0.3 is 0 Å². The first-order valence-electron chi connectivity index (χ1n) is 5.32. The highest BCUT2D eigenvalue weighted by Crippen LogP contribution is 2.30. The van der Waals surface area contributed by atoms with Crippen LogP contribution in [0, 0.1) is 0 Å². The van der Waals surface area contributed by atoms with Gasteiger partial charge in [-0.15, -0.1) is 0 Å². The zero-order valence-electron chi connectivity index (χ0n) is 8.57. The average molecular weight is 188 g/mol. The van der Waals surface area contributed by atoms with E-state index in [4.69, 9.17) is 4.74 Å². The van der Waals surface area contributed by atoms with Crippen LogP contribution in [0.4, 0.5) is 0 Å². The Hall–Kier alpha value is -1.24. The molecule has 1 aliphatic heterocycles.